The highest BCUT2D eigenvalue weighted by Crippen LogP contribution is 2.23. The Morgan fingerprint density at radius 2 is 1.47 bits per heavy atom. The lowest BCUT2D eigenvalue weighted by molar-refractivity contribution is -0.152. The molecule has 232 valence electrons. The summed E-state index contributed by atoms with van der Waals surface area (Å²) in [5.41, 5.74) is 1.72. The molecule has 0 radical (unpaired) electrons. The predicted octanol–water partition coefficient (Wildman–Crippen LogP) is 1.53. The molecule has 11 nitrogen and oxygen atoms in total. The monoisotopic (exact) mass is 593 g/mol. The van der Waals surface area contributed by atoms with Crippen LogP contribution in [0.3, 0.4) is 0 Å². The summed E-state index contributed by atoms with van der Waals surface area (Å²) in [6.45, 7) is 7.94. The average Bonchev–Trinajstić information content (AvgIpc) is 3.25. The van der Waals surface area contributed by atoms with Crippen LogP contribution in [0, 0.1) is 0 Å². The molecule has 1 fully saturated rings. The van der Waals surface area contributed by atoms with Gasteiger partial charge in [-0.25, -0.2) is 0 Å². The molecule has 1 atom stereocenters. The normalized spacial score (nSPS) is 17.9. The molecule has 2 aliphatic heterocycles. The van der Waals surface area contributed by atoms with Gasteiger partial charge in [0, 0.05) is 58.9 Å². The summed E-state index contributed by atoms with van der Waals surface area (Å²) in [5, 5.41) is 6.81. The zero-order valence-corrected chi connectivity index (χ0v) is 25.0. The minimum Gasteiger partial charge on any atom is -0.465 e. The summed E-state index contributed by atoms with van der Waals surface area (Å²) >= 11 is 0. The van der Waals surface area contributed by atoms with Crippen molar-refractivity contribution < 1.29 is 28.7 Å². The second kappa shape index (κ2) is 16.9. The van der Waals surface area contributed by atoms with E-state index in [4.69, 9.17) is 9.47 Å². The Morgan fingerprint density at radius 3 is 2.14 bits per heavy atom. The molecule has 11 heteroatoms. The van der Waals surface area contributed by atoms with Gasteiger partial charge in [-0.2, -0.15) is 0 Å². The summed E-state index contributed by atoms with van der Waals surface area (Å²) in [6, 6.07) is 15.8. The van der Waals surface area contributed by atoms with Crippen molar-refractivity contribution >= 4 is 23.8 Å². The highest BCUT2D eigenvalue weighted by atomic mass is 16.5. The van der Waals surface area contributed by atoms with Gasteiger partial charge in [-0.3, -0.25) is 33.9 Å². The Hall–Kier alpha value is -3.64. The Morgan fingerprint density at radius 1 is 0.814 bits per heavy atom. The number of carbonyl (C=O) groups is 4. The van der Waals surface area contributed by atoms with Gasteiger partial charge in [0.15, 0.2) is 0 Å². The largest absolute Gasteiger partial charge is 0.465 e. The number of imide groups is 1. The van der Waals surface area contributed by atoms with Crippen LogP contribution in [0.1, 0.15) is 46.0 Å². The molecule has 2 aliphatic rings. The number of fused-ring (bicyclic) bond motifs is 1. The Bertz CT molecular complexity index is 1190. The van der Waals surface area contributed by atoms with Gasteiger partial charge in [0.2, 0.25) is 0 Å². The third kappa shape index (κ3) is 9.42. The third-order valence-electron chi connectivity index (χ3n) is 7.69. The van der Waals surface area contributed by atoms with E-state index >= 15 is 0 Å². The first-order valence-corrected chi connectivity index (χ1v) is 15.2. The number of hydrogen-bond acceptors (Lipinski definition) is 10. The van der Waals surface area contributed by atoms with Crippen LogP contribution >= 0.6 is 0 Å². The van der Waals surface area contributed by atoms with Crippen molar-refractivity contribution in [3.63, 3.8) is 0 Å². The number of rotatable bonds is 11. The van der Waals surface area contributed by atoms with Crippen LogP contribution in [-0.2, 0) is 25.7 Å². The van der Waals surface area contributed by atoms with Crippen LogP contribution in [-0.4, -0.2) is 117 Å². The number of esters is 2. The van der Waals surface area contributed by atoms with Crippen molar-refractivity contribution in [2.75, 3.05) is 72.1 Å². The van der Waals surface area contributed by atoms with Crippen LogP contribution in [0.5, 0.6) is 0 Å². The molecule has 0 saturated carbocycles. The minimum absolute atomic E-state index is 0.154. The molecule has 0 aliphatic carbocycles. The van der Waals surface area contributed by atoms with E-state index in [1.165, 1.54) is 4.90 Å². The van der Waals surface area contributed by atoms with Gasteiger partial charge in [-0.15, -0.1) is 0 Å². The van der Waals surface area contributed by atoms with Crippen molar-refractivity contribution in [3.05, 3.63) is 71.3 Å². The maximum absolute atomic E-state index is 13.6. The van der Waals surface area contributed by atoms with Gasteiger partial charge in [-0.05, 0) is 37.5 Å². The second-order valence-electron chi connectivity index (χ2n) is 10.7. The number of hydrogen-bond donors (Lipinski definition) is 2. The number of nitrogens with zero attached hydrogens (tertiary/aromatic N) is 3. The zero-order valence-electron chi connectivity index (χ0n) is 25.0. The van der Waals surface area contributed by atoms with Gasteiger partial charge in [0.05, 0.1) is 24.3 Å². The fraction of sp³-hybridized carbons (Fsp3) is 0.500. The van der Waals surface area contributed by atoms with Gasteiger partial charge in [0.1, 0.15) is 12.6 Å². The van der Waals surface area contributed by atoms with E-state index in [1.807, 2.05) is 35.2 Å². The summed E-state index contributed by atoms with van der Waals surface area (Å²) < 4.78 is 11.0. The quantitative estimate of drug-likeness (QED) is 0.293. The predicted molar refractivity (Wildman–Crippen MR) is 161 cm³/mol. The maximum Gasteiger partial charge on any atom is 0.323 e. The number of nitrogens with one attached hydrogen (secondary N) is 2. The van der Waals surface area contributed by atoms with E-state index in [1.54, 1.807) is 31.2 Å². The van der Waals surface area contributed by atoms with Crippen LogP contribution in [0.15, 0.2) is 54.6 Å². The maximum atomic E-state index is 13.6. The summed E-state index contributed by atoms with van der Waals surface area (Å²) in [5.74, 6) is -1.23. The number of carbonyl (C=O) groups excluding carboxylic acids is 4. The lowest BCUT2D eigenvalue weighted by Crippen LogP contribution is -2.50. The highest BCUT2D eigenvalue weighted by Gasteiger charge is 2.35. The van der Waals surface area contributed by atoms with Crippen molar-refractivity contribution in [2.24, 2.45) is 0 Å². The van der Waals surface area contributed by atoms with E-state index in [2.05, 4.69) is 15.5 Å². The molecule has 0 bridgehead atoms. The molecule has 1 saturated heterocycles. The first kappa shape index (κ1) is 32.3. The molecule has 4 rings (SSSR count). The smallest absolute Gasteiger partial charge is 0.323 e. The van der Waals surface area contributed by atoms with Gasteiger partial charge < -0.3 is 20.1 Å². The fourth-order valence-corrected chi connectivity index (χ4v) is 5.40. The van der Waals surface area contributed by atoms with Gasteiger partial charge in [-0.1, -0.05) is 42.5 Å². The molecule has 0 spiro atoms. The lowest BCUT2D eigenvalue weighted by atomic mass is 10.1. The molecular formula is C32H43N5O6. The van der Waals surface area contributed by atoms with E-state index in [0.29, 0.717) is 63.3 Å². The van der Waals surface area contributed by atoms with E-state index in [-0.39, 0.29) is 43.4 Å². The standard InChI is InChI=1S/C32H43N5O6/c1-2-42-29(38)23-35-19-16-33-14-15-34-17-20-36(22-21-35)28(32(41)43-24-25-9-4-3-5-10-25)13-8-18-37-30(39)26-11-6-7-12-27(26)31(37)40/h3-7,9-12,28,33-34H,2,8,13-24H2,1H3. The fourth-order valence-electron chi connectivity index (χ4n) is 5.40. The molecule has 0 aromatic heterocycles. The van der Waals surface area contributed by atoms with Crippen LogP contribution in [0.25, 0.3) is 0 Å². The highest BCUT2D eigenvalue weighted by molar-refractivity contribution is 6.21. The van der Waals surface area contributed by atoms with Crippen LogP contribution in [0.4, 0.5) is 0 Å². The first-order valence-electron chi connectivity index (χ1n) is 15.2. The van der Waals surface area contributed by atoms with E-state index in [9.17, 15) is 19.2 Å². The van der Waals surface area contributed by atoms with Crippen molar-refractivity contribution in [1.29, 1.82) is 0 Å². The number of ether oxygens (including phenoxy) is 2. The van der Waals surface area contributed by atoms with Crippen molar-refractivity contribution in [1.82, 2.24) is 25.3 Å². The molecule has 2 aromatic carbocycles. The third-order valence-corrected chi connectivity index (χ3v) is 7.69. The average molecular weight is 594 g/mol. The van der Waals surface area contributed by atoms with Crippen LogP contribution in [0.2, 0.25) is 0 Å². The number of amides is 2. The van der Waals surface area contributed by atoms with E-state index < -0.39 is 6.04 Å². The SMILES string of the molecule is CCOC(=O)CN1CCNCCNCCN(C(CCCN2C(=O)c3ccccc3C2=O)C(=O)OCc2ccccc2)CC1. The van der Waals surface area contributed by atoms with Gasteiger partial charge in [0.25, 0.3) is 11.8 Å². The molecular weight excluding hydrogens is 550 g/mol. The second-order valence-corrected chi connectivity index (χ2v) is 10.7. The topological polar surface area (TPSA) is 121 Å². The first-order chi connectivity index (χ1) is 21.0. The molecule has 43 heavy (non-hydrogen) atoms. The molecule has 1 unspecified atom stereocenters. The Kier molecular flexibility index (Phi) is 12.7. The number of benzene rings is 2. The van der Waals surface area contributed by atoms with Crippen molar-refractivity contribution in [2.45, 2.75) is 32.4 Å². The zero-order chi connectivity index (χ0) is 30.4. The Balaban J connectivity index is 1.46. The minimum atomic E-state index is -0.591. The van der Waals surface area contributed by atoms with Gasteiger partial charge >= 0.3 is 11.9 Å². The molecule has 2 aromatic rings. The Labute approximate surface area is 253 Å². The summed E-state index contributed by atoms with van der Waals surface area (Å²) in [7, 11) is 0. The molecule has 2 heterocycles. The molecule has 2 N–H and O–H groups in total. The molecule has 2 amide bonds. The lowest BCUT2D eigenvalue weighted by Gasteiger charge is -2.33. The van der Waals surface area contributed by atoms with Crippen LogP contribution < -0.4 is 10.6 Å². The summed E-state index contributed by atoms with van der Waals surface area (Å²) in [6.07, 6.45) is 0.845. The van der Waals surface area contributed by atoms with E-state index in [0.717, 1.165) is 25.2 Å². The summed E-state index contributed by atoms with van der Waals surface area (Å²) in [4.78, 5) is 57.1. The van der Waals surface area contributed by atoms with Crippen molar-refractivity contribution in [3.8, 4) is 0 Å².